The van der Waals surface area contributed by atoms with E-state index in [0.29, 0.717) is 29.4 Å². The summed E-state index contributed by atoms with van der Waals surface area (Å²) in [5.41, 5.74) is 0.174. The number of nitrogens with one attached hydrogen (secondary N) is 2. The van der Waals surface area contributed by atoms with Crippen molar-refractivity contribution in [1.29, 1.82) is 0 Å². The number of ether oxygens (including phenoxy) is 1. The van der Waals surface area contributed by atoms with Crippen LogP contribution in [0.5, 0.6) is 11.6 Å². The smallest absolute Gasteiger partial charge is 0.416 e. The molecule has 0 saturated carbocycles. The second-order valence-corrected chi connectivity index (χ2v) is 11.0. The van der Waals surface area contributed by atoms with Gasteiger partial charge < -0.3 is 20.3 Å². The number of rotatable bonds is 7. The molecule has 1 unspecified atom stereocenters. The van der Waals surface area contributed by atoms with Gasteiger partial charge in [0.25, 0.3) is 0 Å². The highest BCUT2D eigenvalue weighted by Crippen LogP contribution is 2.38. The molecule has 0 bridgehead atoms. The molecule has 0 spiro atoms. The third-order valence-corrected chi connectivity index (χ3v) is 7.66. The number of fused-ring (bicyclic) bond motifs is 1. The predicted molar refractivity (Wildman–Crippen MR) is 150 cm³/mol. The summed E-state index contributed by atoms with van der Waals surface area (Å²) >= 11 is 1.28. The summed E-state index contributed by atoms with van der Waals surface area (Å²) in [5.74, 6) is -0.444. The third-order valence-electron chi connectivity index (χ3n) is 6.72. The molecule has 5 rings (SSSR count). The van der Waals surface area contributed by atoms with Crippen molar-refractivity contribution in [3.8, 4) is 22.9 Å². The molecule has 9 nitrogen and oxygen atoms in total. The van der Waals surface area contributed by atoms with E-state index in [2.05, 4.69) is 30.5 Å². The molecule has 0 aliphatic carbocycles. The van der Waals surface area contributed by atoms with Gasteiger partial charge in [0, 0.05) is 31.1 Å². The lowest BCUT2D eigenvalue weighted by Gasteiger charge is -2.20. The minimum Gasteiger partial charge on any atom is -0.437 e. The van der Waals surface area contributed by atoms with Crippen LogP contribution in [0.25, 0.3) is 21.5 Å². The average Bonchev–Trinajstić information content (AvgIpc) is 3.56. The molecule has 41 heavy (non-hydrogen) atoms. The molecular weight excluding hydrogens is 557 g/mol. The minimum absolute atomic E-state index is 0.000904. The highest BCUT2D eigenvalue weighted by Gasteiger charge is 2.33. The second kappa shape index (κ2) is 11.4. The largest absolute Gasteiger partial charge is 0.437 e. The summed E-state index contributed by atoms with van der Waals surface area (Å²) in [4.78, 5) is 39.6. The number of benzene rings is 2. The Morgan fingerprint density at radius 3 is 2.63 bits per heavy atom. The topological polar surface area (TPSA) is 109 Å². The Morgan fingerprint density at radius 2 is 1.93 bits per heavy atom. The van der Waals surface area contributed by atoms with Gasteiger partial charge in [0.1, 0.15) is 11.8 Å². The van der Waals surface area contributed by atoms with Crippen molar-refractivity contribution in [3.63, 3.8) is 0 Å². The zero-order valence-electron chi connectivity index (χ0n) is 22.5. The summed E-state index contributed by atoms with van der Waals surface area (Å²) in [5, 5.41) is 5.79. The summed E-state index contributed by atoms with van der Waals surface area (Å²) in [6, 6.07) is 10.2. The summed E-state index contributed by atoms with van der Waals surface area (Å²) < 4.78 is 47.5. The summed E-state index contributed by atoms with van der Waals surface area (Å²) in [7, 11) is 0. The second-order valence-electron chi connectivity index (χ2n) is 9.97. The van der Waals surface area contributed by atoms with Gasteiger partial charge in [0.15, 0.2) is 10.9 Å². The number of para-hydroxylation sites is 1. The van der Waals surface area contributed by atoms with Crippen LogP contribution in [0.4, 0.5) is 24.0 Å². The SMILES string of the molecule is CC(=O)Nc1nc2c(Oc3cc(-c4ccc(C(F)(F)F)cc4NC(=O)C4CCN(C(C)C)C4)ncn3)cccc2s1. The van der Waals surface area contributed by atoms with E-state index >= 15 is 0 Å². The molecule has 214 valence electrons. The Balaban J connectivity index is 1.45. The first-order chi connectivity index (χ1) is 19.5. The normalized spacial score (nSPS) is 15.8. The maximum absolute atomic E-state index is 13.6. The van der Waals surface area contributed by atoms with Crippen molar-refractivity contribution in [2.75, 3.05) is 23.7 Å². The van der Waals surface area contributed by atoms with Gasteiger partial charge in [0.2, 0.25) is 17.7 Å². The molecule has 3 heterocycles. The van der Waals surface area contributed by atoms with Gasteiger partial charge in [-0.05, 0) is 51.1 Å². The van der Waals surface area contributed by atoms with Crippen LogP contribution in [0.15, 0.2) is 48.8 Å². The molecule has 1 fully saturated rings. The Morgan fingerprint density at radius 1 is 1.12 bits per heavy atom. The first-order valence-corrected chi connectivity index (χ1v) is 13.7. The van der Waals surface area contributed by atoms with Crippen LogP contribution in [0, 0.1) is 5.92 Å². The Bertz CT molecular complexity index is 1610. The predicted octanol–water partition coefficient (Wildman–Crippen LogP) is 6.19. The van der Waals surface area contributed by atoms with Gasteiger partial charge in [0.05, 0.1) is 27.6 Å². The highest BCUT2D eigenvalue weighted by atomic mass is 32.1. The fourth-order valence-electron chi connectivity index (χ4n) is 4.62. The zero-order valence-corrected chi connectivity index (χ0v) is 23.3. The molecule has 2 amide bonds. The first-order valence-electron chi connectivity index (χ1n) is 12.9. The van der Waals surface area contributed by atoms with Crippen molar-refractivity contribution < 1.29 is 27.5 Å². The van der Waals surface area contributed by atoms with E-state index in [4.69, 9.17) is 4.74 Å². The van der Waals surface area contributed by atoms with Gasteiger partial charge in [-0.15, -0.1) is 0 Å². The van der Waals surface area contributed by atoms with E-state index in [-0.39, 0.29) is 46.6 Å². The fraction of sp³-hybridized carbons (Fsp3) is 0.321. The van der Waals surface area contributed by atoms with Crippen LogP contribution in [0.3, 0.4) is 0 Å². The molecule has 2 aromatic carbocycles. The van der Waals surface area contributed by atoms with Crippen LogP contribution in [-0.4, -0.2) is 50.8 Å². The number of nitrogens with zero attached hydrogens (tertiary/aromatic N) is 4. The minimum atomic E-state index is -4.60. The molecule has 2 aromatic heterocycles. The number of hydrogen-bond acceptors (Lipinski definition) is 8. The molecule has 1 aliphatic rings. The van der Waals surface area contributed by atoms with Crippen molar-refractivity contribution in [2.45, 2.75) is 39.4 Å². The fourth-order valence-corrected chi connectivity index (χ4v) is 5.55. The molecule has 0 radical (unpaired) electrons. The number of hydrogen-bond donors (Lipinski definition) is 2. The average molecular weight is 585 g/mol. The maximum Gasteiger partial charge on any atom is 0.416 e. The highest BCUT2D eigenvalue weighted by molar-refractivity contribution is 7.22. The van der Waals surface area contributed by atoms with Crippen LogP contribution >= 0.6 is 11.3 Å². The Kier molecular flexibility index (Phi) is 7.91. The van der Waals surface area contributed by atoms with Crippen molar-refractivity contribution in [2.24, 2.45) is 5.92 Å². The number of carbonyl (C=O) groups is 2. The van der Waals surface area contributed by atoms with Crippen LogP contribution in [0.2, 0.25) is 0 Å². The number of thiazole rings is 1. The zero-order chi connectivity index (χ0) is 29.3. The molecular formula is C28H27F3N6O3S. The van der Waals surface area contributed by atoms with Gasteiger partial charge in [-0.25, -0.2) is 15.0 Å². The number of halogens is 3. The first kappa shape index (κ1) is 28.4. The number of carbonyl (C=O) groups excluding carboxylic acids is 2. The van der Waals surface area contributed by atoms with Crippen LogP contribution in [0.1, 0.15) is 32.8 Å². The molecule has 1 atom stereocenters. The van der Waals surface area contributed by atoms with Gasteiger partial charge in [-0.1, -0.05) is 23.5 Å². The number of aromatic nitrogens is 3. The van der Waals surface area contributed by atoms with E-state index in [0.717, 1.165) is 23.4 Å². The van der Waals surface area contributed by atoms with E-state index in [9.17, 15) is 22.8 Å². The van der Waals surface area contributed by atoms with Crippen molar-refractivity contribution >= 4 is 44.2 Å². The van der Waals surface area contributed by atoms with Crippen molar-refractivity contribution in [3.05, 3.63) is 54.4 Å². The monoisotopic (exact) mass is 584 g/mol. The molecule has 2 N–H and O–H groups in total. The van der Waals surface area contributed by atoms with E-state index in [1.54, 1.807) is 12.1 Å². The van der Waals surface area contributed by atoms with Crippen LogP contribution in [-0.2, 0) is 15.8 Å². The quantitative estimate of drug-likeness (QED) is 0.267. The van der Waals surface area contributed by atoms with E-state index in [1.165, 1.54) is 36.7 Å². The number of amides is 2. The van der Waals surface area contributed by atoms with Crippen LogP contribution < -0.4 is 15.4 Å². The molecule has 1 aliphatic heterocycles. The van der Waals surface area contributed by atoms with E-state index in [1.807, 2.05) is 19.9 Å². The Hall–Kier alpha value is -4.10. The summed E-state index contributed by atoms with van der Waals surface area (Å²) in [6.45, 7) is 6.75. The molecule has 4 aromatic rings. The lowest BCUT2D eigenvalue weighted by molar-refractivity contribution is -0.137. The number of anilines is 2. The van der Waals surface area contributed by atoms with Gasteiger partial charge in [-0.2, -0.15) is 13.2 Å². The summed E-state index contributed by atoms with van der Waals surface area (Å²) in [6.07, 6.45) is -2.74. The molecule has 13 heteroatoms. The third kappa shape index (κ3) is 6.46. The van der Waals surface area contributed by atoms with Gasteiger partial charge in [-0.3, -0.25) is 9.59 Å². The lowest BCUT2D eigenvalue weighted by Crippen LogP contribution is -2.31. The Labute approximate surface area is 237 Å². The standard InChI is InChI=1S/C28H27F3N6O3S/c1-15(2)37-10-9-17(13-37)26(39)35-21-11-18(28(29,30)31)7-8-19(21)20-12-24(33-14-32-20)40-22-5-4-6-23-25(22)36-27(41-23)34-16(3)38/h4-8,11-12,14-15,17H,9-10,13H2,1-3H3,(H,35,39)(H,34,36,38). The van der Waals surface area contributed by atoms with Gasteiger partial charge >= 0.3 is 6.18 Å². The number of alkyl halides is 3. The lowest BCUT2D eigenvalue weighted by atomic mass is 10.0. The van der Waals surface area contributed by atoms with E-state index < -0.39 is 11.7 Å². The number of likely N-dealkylation sites (tertiary alicyclic amines) is 1. The van der Waals surface area contributed by atoms with Crippen molar-refractivity contribution in [1.82, 2.24) is 19.9 Å². The maximum atomic E-state index is 13.6. The molecule has 1 saturated heterocycles.